The lowest BCUT2D eigenvalue weighted by atomic mass is 10.1. The first-order valence-corrected chi connectivity index (χ1v) is 5.58. The van der Waals surface area contributed by atoms with Crippen LogP contribution in [0.5, 0.6) is 0 Å². The molecule has 0 unspecified atom stereocenters. The van der Waals surface area contributed by atoms with Crippen LogP contribution in [0.4, 0.5) is 11.4 Å². The molecule has 2 aromatic carbocycles. The number of anilines is 2. The molecule has 0 aliphatic heterocycles. The SMILES string of the molecule is O=C(O)/C=C/c1ccccc1Nc1ccccc1. The molecule has 3 heteroatoms. The number of nitrogens with one attached hydrogen (secondary N) is 1. The van der Waals surface area contributed by atoms with Gasteiger partial charge in [0.2, 0.25) is 0 Å². The van der Waals surface area contributed by atoms with E-state index in [4.69, 9.17) is 5.11 Å². The minimum absolute atomic E-state index is 0.837. The Bertz CT molecular complexity index is 562. The van der Waals surface area contributed by atoms with Crippen LogP contribution in [0.2, 0.25) is 0 Å². The second-order valence-corrected chi connectivity index (χ2v) is 3.75. The first-order valence-electron chi connectivity index (χ1n) is 5.58. The van der Waals surface area contributed by atoms with Crippen molar-refractivity contribution in [3.63, 3.8) is 0 Å². The van der Waals surface area contributed by atoms with Gasteiger partial charge in [-0.2, -0.15) is 0 Å². The molecule has 2 rings (SSSR count). The minimum Gasteiger partial charge on any atom is -0.478 e. The lowest BCUT2D eigenvalue weighted by molar-refractivity contribution is -0.131. The molecular weight excluding hydrogens is 226 g/mol. The summed E-state index contributed by atoms with van der Waals surface area (Å²) in [7, 11) is 0. The number of carboxylic acids is 1. The van der Waals surface area contributed by atoms with E-state index in [0.717, 1.165) is 23.0 Å². The van der Waals surface area contributed by atoms with Gasteiger partial charge >= 0.3 is 5.97 Å². The second-order valence-electron chi connectivity index (χ2n) is 3.75. The van der Waals surface area contributed by atoms with Gasteiger partial charge in [0.1, 0.15) is 0 Å². The fourth-order valence-corrected chi connectivity index (χ4v) is 1.59. The van der Waals surface area contributed by atoms with Gasteiger partial charge in [-0.05, 0) is 29.8 Å². The molecule has 0 fully saturated rings. The molecule has 0 saturated heterocycles. The van der Waals surface area contributed by atoms with Crippen LogP contribution in [-0.2, 0) is 4.79 Å². The fraction of sp³-hybridized carbons (Fsp3) is 0. The molecule has 0 aromatic heterocycles. The molecule has 2 N–H and O–H groups in total. The summed E-state index contributed by atoms with van der Waals surface area (Å²) in [5.41, 5.74) is 2.68. The highest BCUT2D eigenvalue weighted by Crippen LogP contribution is 2.21. The molecule has 0 heterocycles. The summed E-state index contributed by atoms with van der Waals surface area (Å²) in [6.45, 7) is 0. The van der Waals surface area contributed by atoms with Gasteiger partial charge in [-0.15, -0.1) is 0 Å². The molecule has 18 heavy (non-hydrogen) atoms. The van der Waals surface area contributed by atoms with Gasteiger partial charge in [0.05, 0.1) is 0 Å². The van der Waals surface area contributed by atoms with Gasteiger partial charge < -0.3 is 10.4 Å². The van der Waals surface area contributed by atoms with Crippen LogP contribution in [0.1, 0.15) is 5.56 Å². The summed E-state index contributed by atoms with van der Waals surface area (Å²) in [5.74, 6) is -0.954. The number of para-hydroxylation sites is 2. The van der Waals surface area contributed by atoms with E-state index in [1.54, 1.807) is 6.08 Å². The van der Waals surface area contributed by atoms with E-state index in [2.05, 4.69) is 5.32 Å². The van der Waals surface area contributed by atoms with Crippen molar-refractivity contribution >= 4 is 23.4 Å². The Balaban J connectivity index is 2.25. The van der Waals surface area contributed by atoms with Crippen LogP contribution in [0.15, 0.2) is 60.7 Å². The third kappa shape index (κ3) is 3.22. The van der Waals surface area contributed by atoms with Crippen molar-refractivity contribution in [2.24, 2.45) is 0 Å². The maximum Gasteiger partial charge on any atom is 0.328 e. The molecule has 0 aliphatic rings. The van der Waals surface area contributed by atoms with Crippen molar-refractivity contribution < 1.29 is 9.90 Å². The van der Waals surface area contributed by atoms with Crippen molar-refractivity contribution in [2.45, 2.75) is 0 Å². The number of carboxylic acid groups (broad SMARTS) is 1. The number of rotatable bonds is 4. The summed E-state index contributed by atoms with van der Waals surface area (Å²) in [6, 6.07) is 17.3. The Morgan fingerprint density at radius 3 is 2.39 bits per heavy atom. The fourth-order valence-electron chi connectivity index (χ4n) is 1.59. The molecule has 0 atom stereocenters. The van der Waals surface area contributed by atoms with Gasteiger partial charge in [0.25, 0.3) is 0 Å². The summed E-state index contributed by atoms with van der Waals surface area (Å²) in [4.78, 5) is 10.5. The Morgan fingerprint density at radius 1 is 1.00 bits per heavy atom. The number of carbonyl (C=O) groups is 1. The van der Waals surface area contributed by atoms with E-state index < -0.39 is 5.97 Å². The molecule has 0 saturated carbocycles. The van der Waals surface area contributed by atoms with Crippen LogP contribution in [0, 0.1) is 0 Å². The first-order chi connectivity index (χ1) is 8.75. The number of hydrogen-bond donors (Lipinski definition) is 2. The summed E-state index contributed by atoms with van der Waals surface area (Å²) < 4.78 is 0. The molecule has 3 nitrogen and oxygen atoms in total. The first kappa shape index (κ1) is 11.9. The third-order valence-corrected chi connectivity index (χ3v) is 2.42. The highest BCUT2D eigenvalue weighted by molar-refractivity contribution is 5.87. The zero-order chi connectivity index (χ0) is 12.8. The maximum absolute atomic E-state index is 10.5. The monoisotopic (exact) mass is 239 g/mol. The van der Waals surface area contributed by atoms with E-state index in [0.29, 0.717) is 0 Å². The van der Waals surface area contributed by atoms with Crippen molar-refractivity contribution in [3.05, 3.63) is 66.2 Å². The van der Waals surface area contributed by atoms with E-state index in [1.165, 1.54) is 0 Å². The Morgan fingerprint density at radius 2 is 1.67 bits per heavy atom. The zero-order valence-corrected chi connectivity index (χ0v) is 9.71. The highest BCUT2D eigenvalue weighted by atomic mass is 16.4. The molecule has 2 aromatic rings. The van der Waals surface area contributed by atoms with E-state index in [-0.39, 0.29) is 0 Å². The van der Waals surface area contributed by atoms with E-state index in [9.17, 15) is 4.79 Å². The maximum atomic E-state index is 10.5. The Kier molecular flexibility index (Phi) is 3.76. The molecule has 0 aliphatic carbocycles. The van der Waals surface area contributed by atoms with E-state index >= 15 is 0 Å². The molecular formula is C15H13NO2. The van der Waals surface area contributed by atoms with Gasteiger partial charge in [-0.25, -0.2) is 4.79 Å². The average molecular weight is 239 g/mol. The number of benzene rings is 2. The van der Waals surface area contributed by atoms with Crippen LogP contribution >= 0.6 is 0 Å². The van der Waals surface area contributed by atoms with Crippen molar-refractivity contribution in [1.29, 1.82) is 0 Å². The molecule has 0 radical (unpaired) electrons. The van der Waals surface area contributed by atoms with Crippen LogP contribution < -0.4 is 5.32 Å². The van der Waals surface area contributed by atoms with Crippen LogP contribution in [-0.4, -0.2) is 11.1 Å². The summed E-state index contributed by atoms with van der Waals surface area (Å²) in [6.07, 6.45) is 2.71. The van der Waals surface area contributed by atoms with E-state index in [1.807, 2.05) is 54.6 Å². The topological polar surface area (TPSA) is 49.3 Å². The van der Waals surface area contributed by atoms with Gasteiger partial charge in [0.15, 0.2) is 0 Å². The summed E-state index contributed by atoms with van der Waals surface area (Å²) in [5, 5.41) is 11.9. The molecule has 0 amide bonds. The van der Waals surface area contributed by atoms with Gasteiger partial charge in [-0.3, -0.25) is 0 Å². The Hall–Kier alpha value is -2.55. The molecule has 0 bridgehead atoms. The quantitative estimate of drug-likeness (QED) is 0.802. The summed E-state index contributed by atoms with van der Waals surface area (Å²) >= 11 is 0. The minimum atomic E-state index is -0.954. The normalized spacial score (nSPS) is 10.4. The van der Waals surface area contributed by atoms with Crippen LogP contribution in [0.25, 0.3) is 6.08 Å². The van der Waals surface area contributed by atoms with Gasteiger partial charge in [0, 0.05) is 17.5 Å². The molecule has 0 spiro atoms. The lowest BCUT2D eigenvalue weighted by Gasteiger charge is -2.09. The van der Waals surface area contributed by atoms with Crippen LogP contribution in [0.3, 0.4) is 0 Å². The highest BCUT2D eigenvalue weighted by Gasteiger charge is 1.99. The standard InChI is InChI=1S/C15H13NO2/c17-15(18)11-10-12-6-4-5-9-14(12)16-13-7-2-1-3-8-13/h1-11,16H,(H,17,18)/b11-10+. The number of aliphatic carboxylic acids is 1. The molecule has 90 valence electrons. The number of hydrogen-bond acceptors (Lipinski definition) is 2. The lowest BCUT2D eigenvalue weighted by Crippen LogP contribution is -1.93. The van der Waals surface area contributed by atoms with Crippen molar-refractivity contribution in [1.82, 2.24) is 0 Å². The largest absolute Gasteiger partial charge is 0.478 e. The Labute approximate surface area is 105 Å². The van der Waals surface area contributed by atoms with Gasteiger partial charge in [-0.1, -0.05) is 36.4 Å². The van der Waals surface area contributed by atoms with Crippen molar-refractivity contribution in [2.75, 3.05) is 5.32 Å². The van der Waals surface area contributed by atoms with Crippen molar-refractivity contribution in [3.8, 4) is 0 Å². The zero-order valence-electron chi connectivity index (χ0n) is 9.71. The predicted octanol–water partition coefficient (Wildman–Crippen LogP) is 3.53. The average Bonchev–Trinajstić information content (AvgIpc) is 2.39. The smallest absolute Gasteiger partial charge is 0.328 e. The predicted molar refractivity (Wildman–Crippen MR) is 72.8 cm³/mol. The second kappa shape index (κ2) is 5.68. The third-order valence-electron chi connectivity index (χ3n) is 2.42.